The summed E-state index contributed by atoms with van der Waals surface area (Å²) in [5, 5.41) is 0. The fourth-order valence-corrected chi connectivity index (χ4v) is 1.39. The van der Waals surface area contributed by atoms with Gasteiger partial charge in [0.2, 0.25) is 0 Å². The Hall–Kier alpha value is -0.0800. The number of hydrogen-bond donors (Lipinski definition) is 0. The average molecular weight is 110 g/mol. The highest BCUT2D eigenvalue weighted by Crippen LogP contribution is 2.33. The van der Waals surface area contributed by atoms with Gasteiger partial charge in [0.25, 0.3) is 0 Å². The summed E-state index contributed by atoms with van der Waals surface area (Å²) in [5.41, 5.74) is 8.22. The van der Waals surface area contributed by atoms with Crippen LogP contribution < -0.4 is 10.9 Å². The van der Waals surface area contributed by atoms with Gasteiger partial charge in [-0.2, -0.15) is 0 Å². The molecule has 2 rings (SSSR count). The van der Waals surface area contributed by atoms with Crippen LogP contribution in [-0.2, 0) is 0 Å². The molecule has 1 heterocycles. The summed E-state index contributed by atoms with van der Waals surface area (Å²) in [6.07, 6.45) is 6.53. The van der Waals surface area contributed by atoms with Crippen LogP contribution in [-0.4, -0.2) is 5.66 Å². The molecule has 1 aliphatic carbocycles. The zero-order valence-corrected chi connectivity index (χ0v) is 4.93. The maximum atomic E-state index is 4.02. The molecule has 1 spiro atoms. The van der Waals surface area contributed by atoms with Crippen molar-refractivity contribution in [3.8, 4) is 0 Å². The fraction of sp³-hybridized carbons (Fsp3) is 1.00. The molecule has 2 fully saturated rings. The lowest BCUT2D eigenvalue weighted by Gasteiger charge is -2.14. The van der Waals surface area contributed by atoms with Gasteiger partial charge >= 0.3 is 0 Å². The Labute approximate surface area is 49.6 Å². The van der Waals surface area contributed by atoms with Crippen LogP contribution in [0.4, 0.5) is 0 Å². The van der Waals surface area contributed by atoms with Crippen LogP contribution in [0.2, 0.25) is 0 Å². The number of rotatable bonds is 0. The smallest absolute Gasteiger partial charge is 0.117 e. The predicted octanol–water partition coefficient (Wildman–Crippen LogP) is 0.784. The Morgan fingerprint density at radius 2 is 1.50 bits per heavy atom. The molecule has 2 aliphatic rings. The normalized spacial score (nSPS) is 33.0. The molecule has 0 N–H and O–H groups in total. The second-order valence-corrected chi connectivity index (χ2v) is 2.74. The Balaban J connectivity index is 1.95. The molecule has 2 heteroatoms. The van der Waals surface area contributed by atoms with Gasteiger partial charge in [-0.15, -0.1) is 10.9 Å². The minimum Gasteiger partial charge on any atom is -0.117 e. The monoisotopic (exact) mass is 110 g/mol. The minimum absolute atomic E-state index is 0.179. The van der Waals surface area contributed by atoms with Crippen molar-refractivity contribution < 1.29 is 0 Å². The molecule has 2 nitrogen and oxygen atoms in total. The first kappa shape index (κ1) is 4.77. The Morgan fingerprint density at radius 1 is 0.875 bits per heavy atom. The predicted molar refractivity (Wildman–Crippen MR) is 30.1 cm³/mol. The highest BCUT2D eigenvalue weighted by Gasteiger charge is 2.46. The lowest BCUT2D eigenvalue weighted by atomic mass is 9.93. The zero-order valence-electron chi connectivity index (χ0n) is 4.93. The Morgan fingerprint density at radius 3 is 1.88 bits per heavy atom. The van der Waals surface area contributed by atoms with Crippen molar-refractivity contribution in [3.05, 3.63) is 0 Å². The lowest BCUT2D eigenvalue weighted by Crippen LogP contribution is -2.17. The molecule has 1 saturated heterocycles. The van der Waals surface area contributed by atoms with E-state index in [0.717, 1.165) is 0 Å². The topological polar surface area (TPSA) is 28.2 Å². The van der Waals surface area contributed by atoms with Crippen molar-refractivity contribution >= 4 is 0 Å². The van der Waals surface area contributed by atoms with Crippen molar-refractivity contribution in [2.24, 2.45) is 0 Å². The van der Waals surface area contributed by atoms with Gasteiger partial charge in [0.15, 0.2) is 0 Å². The van der Waals surface area contributed by atoms with E-state index in [9.17, 15) is 0 Å². The van der Waals surface area contributed by atoms with Gasteiger partial charge in [0.1, 0.15) is 5.66 Å². The van der Waals surface area contributed by atoms with Gasteiger partial charge in [-0.3, -0.25) is 0 Å². The molecule has 0 amide bonds. The van der Waals surface area contributed by atoms with Crippen molar-refractivity contribution in [2.75, 3.05) is 0 Å². The van der Waals surface area contributed by atoms with Crippen LogP contribution in [0.3, 0.4) is 0 Å². The van der Waals surface area contributed by atoms with Crippen LogP contribution >= 0.6 is 0 Å². The summed E-state index contributed by atoms with van der Waals surface area (Å²) in [5.74, 6) is 0. The van der Waals surface area contributed by atoms with Crippen molar-refractivity contribution in [3.63, 3.8) is 0 Å². The Kier molecular flexibility index (Phi) is 0.866. The lowest BCUT2D eigenvalue weighted by molar-refractivity contribution is 0.396. The first-order valence-electron chi connectivity index (χ1n) is 3.35. The van der Waals surface area contributed by atoms with Crippen LogP contribution in [0.5, 0.6) is 0 Å². The van der Waals surface area contributed by atoms with E-state index in [0.29, 0.717) is 0 Å². The third-order valence-corrected chi connectivity index (χ3v) is 2.04. The summed E-state index contributed by atoms with van der Waals surface area (Å²) < 4.78 is 0. The van der Waals surface area contributed by atoms with Crippen LogP contribution in [0.1, 0.15) is 32.1 Å². The SMILES string of the molecule is C1CCC2(CC1)[N][N]2. The van der Waals surface area contributed by atoms with E-state index >= 15 is 0 Å². The van der Waals surface area contributed by atoms with Crippen LogP contribution in [0.25, 0.3) is 0 Å². The van der Waals surface area contributed by atoms with E-state index in [1.165, 1.54) is 32.1 Å². The Bertz CT molecular complexity index is 88.7. The van der Waals surface area contributed by atoms with Crippen LogP contribution in [0, 0.1) is 0 Å². The fourth-order valence-electron chi connectivity index (χ4n) is 1.39. The maximum Gasteiger partial charge on any atom is 0.137 e. The molecule has 0 unspecified atom stereocenters. The largest absolute Gasteiger partial charge is 0.137 e. The molecular formula is C6H10N2. The van der Waals surface area contributed by atoms with Crippen molar-refractivity contribution in [2.45, 2.75) is 37.8 Å². The summed E-state index contributed by atoms with van der Waals surface area (Å²) in [4.78, 5) is 0. The van der Waals surface area contributed by atoms with Gasteiger partial charge in [0.05, 0.1) is 0 Å². The first-order valence-corrected chi connectivity index (χ1v) is 3.35. The zero-order chi connectivity index (χ0) is 5.45. The van der Waals surface area contributed by atoms with Gasteiger partial charge in [-0.1, -0.05) is 19.3 Å². The van der Waals surface area contributed by atoms with E-state index in [-0.39, 0.29) is 5.66 Å². The molecule has 1 saturated carbocycles. The highest BCUT2D eigenvalue weighted by atomic mass is 15.7. The molecule has 0 aromatic rings. The van der Waals surface area contributed by atoms with Crippen molar-refractivity contribution in [1.82, 2.24) is 10.9 Å². The summed E-state index contributed by atoms with van der Waals surface area (Å²) in [6.45, 7) is 0. The average Bonchev–Trinajstić information content (AvgIpc) is 2.52. The quantitative estimate of drug-likeness (QED) is 0.412. The molecule has 0 atom stereocenters. The highest BCUT2D eigenvalue weighted by molar-refractivity contribution is 4.94. The summed E-state index contributed by atoms with van der Waals surface area (Å²) in [7, 11) is 0. The van der Waals surface area contributed by atoms with E-state index in [2.05, 4.69) is 10.9 Å². The van der Waals surface area contributed by atoms with Gasteiger partial charge < -0.3 is 0 Å². The van der Waals surface area contributed by atoms with Gasteiger partial charge in [-0.25, -0.2) is 0 Å². The number of nitrogens with zero attached hydrogens (tertiary/aromatic N) is 2. The van der Waals surface area contributed by atoms with Gasteiger partial charge in [-0.05, 0) is 12.8 Å². The van der Waals surface area contributed by atoms with E-state index in [1.54, 1.807) is 0 Å². The maximum absolute atomic E-state index is 4.02. The number of hydrogen-bond acceptors (Lipinski definition) is 0. The molecule has 0 bridgehead atoms. The molecule has 0 aromatic carbocycles. The minimum atomic E-state index is 0.179. The molecule has 8 heavy (non-hydrogen) atoms. The summed E-state index contributed by atoms with van der Waals surface area (Å²) >= 11 is 0. The second-order valence-electron chi connectivity index (χ2n) is 2.74. The van der Waals surface area contributed by atoms with E-state index in [1.807, 2.05) is 0 Å². The molecule has 2 radical (unpaired) electrons. The van der Waals surface area contributed by atoms with E-state index in [4.69, 9.17) is 0 Å². The summed E-state index contributed by atoms with van der Waals surface area (Å²) in [6, 6.07) is 0. The first-order chi connectivity index (χ1) is 3.91. The third kappa shape index (κ3) is 0.644. The van der Waals surface area contributed by atoms with Crippen molar-refractivity contribution in [1.29, 1.82) is 0 Å². The van der Waals surface area contributed by atoms with Crippen LogP contribution in [0.15, 0.2) is 0 Å². The molecule has 0 aromatic heterocycles. The standard InChI is InChI=1S/C6H10N2/c1-2-4-6(5-3-1)7-8-6/h1-5H2. The van der Waals surface area contributed by atoms with Gasteiger partial charge in [0, 0.05) is 0 Å². The second kappa shape index (κ2) is 1.45. The molecular weight excluding hydrogens is 100 g/mol. The molecule has 44 valence electrons. The third-order valence-electron chi connectivity index (χ3n) is 2.04. The van der Waals surface area contributed by atoms with E-state index < -0.39 is 0 Å². The molecule has 1 aliphatic heterocycles.